The number of nitrogens with zero attached hydrogens (tertiary/aromatic N) is 2. The monoisotopic (exact) mass is 417 g/mol. The molecule has 1 aromatic rings. The molecule has 7 nitrogen and oxygen atoms in total. The van der Waals surface area contributed by atoms with Crippen molar-refractivity contribution in [1.29, 1.82) is 0 Å². The van der Waals surface area contributed by atoms with Crippen molar-refractivity contribution in [2.24, 2.45) is 18.4 Å². The first kappa shape index (κ1) is 22.4. The Kier molecular flexibility index (Phi) is 5.54. The number of fused-ring (bicyclic) bond motifs is 3. The summed E-state index contributed by atoms with van der Waals surface area (Å²) in [6.07, 6.45) is 3.34. The highest BCUT2D eigenvalue weighted by Crippen LogP contribution is 2.57. The van der Waals surface area contributed by atoms with Crippen LogP contribution in [0.4, 0.5) is 10.6 Å². The molecule has 166 valence electrons. The van der Waals surface area contributed by atoms with Crippen molar-refractivity contribution in [3.05, 3.63) is 23.1 Å². The Labute approximate surface area is 179 Å². The van der Waals surface area contributed by atoms with Crippen molar-refractivity contribution in [2.75, 3.05) is 11.9 Å². The highest BCUT2D eigenvalue weighted by Gasteiger charge is 2.57. The number of hydrogen-bond acceptors (Lipinski definition) is 5. The van der Waals surface area contributed by atoms with Crippen molar-refractivity contribution in [2.45, 2.75) is 78.7 Å². The molecule has 0 aliphatic heterocycles. The van der Waals surface area contributed by atoms with E-state index in [1.807, 2.05) is 48.6 Å². The van der Waals surface area contributed by atoms with E-state index >= 15 is 0 Å². The maximum Gasteiger partial charge on any atom is 0.413 e. The summed E-state index contributed by atoms with van der Waals surface area (Å²) in [5, 5.41) is 7.72. The van der Waals surface area contributed by atoms with Gasteiger partial charge in [-0.15, -0.1) is 0 Å². The molecule has 2 aliphatic carbocycles. The van der Waals surface area contributed by atoms with Gasteiger partial charge in [-0.3, -0.25) is 14.8 Å². The van der Waals surface area contributed by atoms with Crippen LogP contribution in [-0.2, 0) is 33.2 Å². The van der Waals surface area contributed by atoms with E-state index < -0.39 is 17.1 Å². The highest BCUT2D eigenvalue weighted by molar-refractivity contribution is 6.01. The lowest BCUT2D eigenvalue weighted by atomic mass is 9.50. The van der Waals surface area contributed by atoms with Gasteiger partial charge in [-0.1, -0.05) is 20.8 Å². The van der Waals surface area contributed by atoms with Gasteiger partial charge >= 0.3 is 6.09 Å². The van der Waals surface area contributed by atoms with Gasteiger partial charge in [-0.05, 0) is 52.9 Å². The maximum absolute atomic E-state index is 13.2. The van der Waals surface area contributed by atoms with Crippen molar-refractivity contribution in [1.82, 2.24) is 9.78 Å². The molecule has 3 rings (SSSR count). The van der Waals surface area contributed by atoms with Gasteiger partial charge in [0.05, 0.1) is 18.6 Å². The molecule has 2 unspecified atom stereocenters. The Morgan fingerprint density at radius 2 is 2.00 bits per heavy atom. The van der Waals surface area contributed by atoms with E-state index in [9.17, 15) is 9.59 Å². The van der Waals surface area contributed by atoms with Crippen molar-refractivity contribution in [3.8, 4) is 0 Å². The summed E-state index contributed by atoms with van der Waals surface area (Å²) in [5.74, 6) is 0.988. The van der Waals surface area contributed by atoms with Gasteiger partial charge in [0, 0.05) is 29.0 Å². The largest absolute Gasteiger partial charge is 0.501 e. The third-order valence-corrected chi connectivity index (χ3v) is 6.46. The molecule has 1 amide bonds. The highest BCUT2D eigenvalue weighted by atomic mass is 16.6. The van der Waals surface area contributed by atoms with Gasteiger partial charge in [0.25, 0.3) is 0 Å². The minimum atomic E-state index is -0.577. The standard InChI is InChI=1S/C23H35N3O4/c1-9-29-13-14-12-23(7)16(22(5,6)18(14)27)11-10-15-17(23)25-26(8)19(15)24-20(28)30-21(2,3)4/h13,16H,9-12H2,1-8H3,(H,24,28)/b14-13-. The average Bonchev–Trinajstić information content (AvgIpc) is 2.92. The molecule has 2 atom stereocenters. The quantitative estimate of drug-likeness (QED) is 0.578. The van der Waals surface area contributed by atoms with Crippen LogP contribution in [0.15, 0.2) is 11.8 Å². The molecule has 0 saturated heterocycles. The molecular weight excluding hydrogens is 382 g/mol. The summed E-state index contributed by atoms with van der Waals surface area (Å²) in [6, 6.07) is 0. The molecule has 1 fully saturated rings. The molecule has 0 spiro atoms. The van der Waals surface area contributed by atoms with Gasteiger partial charge < -0.3 is 9.47 Å². The lowest BCUT2D eigenvalue weighted by Crippen LogP contribution is -2.53. The fourth-order valence-corrected chi connectivity index (χ4v) is 5.28. The van der Waals surface area contributed by atoms with E-state index in [2.05, 4.69) is 12.2 Å². The number of nitrogens with one attached hydrogen (secondary N) is 1. The first-order valence-electron chi connectivity index (χ1n) is 10.7. The molecule has 0 radical (unpaired) electrons. The Morgan fingerprint density at radius 3 is 2.60 bits per heavy atom. The number of amides is 1. The number of carbonyl (C=O) groups is 2. The second-order valence-electron chi connectivity index (χ2n) is 10.3. The third kappa shape index (κ3) is 3.74. The smallest absolute Gasteiger partial charge is 0.413 e. The van der Waals surface area contributed by atoms with Gasteiger partial charge in [0.15, 0.2) is 5.78 Å². The Hall–Kier alpha value is -2.31. The molecule has 1 heterocycles. The molecule has 1 aromatic heterocycles. The third-order valence-electron chi connectivity index (χ3n) is 6.46. The summed E-state index contributed by atoms with van der Waals surface area (Å²) in [4.78, 5) is 25.6. The van der Waals surface area contributed by atoms with Gasteiger partial charge in [-0.2, -0.15) is 5.10 Å². The predicted molar refractivity (Wildman–Crippen MR) is 115 cm³/mol. The molecule has 0 aromatic carbocycles. The van der Waals surface area contributed by atoms with E-state index in [-0.39, 0.29) is 17.1 Å². The van der Waals surface area contributed by atoms with Gasteiger partial charge in [0.2, 0.25) is 0 Å². The zero-order valence-corrected chi connectivity index (χ0v) is 19.5. The number of ether oxygens (including phenoxy) is 2. The van der Waals surface area contributed by atoms with E-state index in [0.29, 0.717) is 24.4 Å². The number of anilines is 1. The van der Waals surface area contributed by atoms with Crippen LogP contribution < -0.4 is 5.32 Å². The molecule has 0 bridgehead atoms. The average molecular weight is 418 g/mol. The van der Waals surface area contributed by atoms with Crippen LogP contribution in [0, 0.1) is 11.3 Å². The zero-order chi connectivity index (χ0) is 22.5. The van der Waals surface area contributed by atoms with E-state index in [0.717, 1.165) is 24.1 Å². The number of allylic oxidation sites excluding steroid dienone is 1. The molecule has 30 heavy (non-hydrogen) atoms. The molecule has 7 heteroatoms. The minimum Gasteiger partial charge on any atom is -0.501 e. The summed E-state index contributed by atoms with van der Waals surface area (Å²) < 4.78 is 12.7. The van der Waals surface area contributed by atoms with Crippen LogP contribution in [0.2, 0.25) is 0 Å². The second kappa shape index (κ2) is 7.43. The lowest BCUT2D eigenvalue weighted by Gasteiger charge is -2.52. The molecule has 1 N–H and O–H groups in total. The predicted octanol–water partition coefficient (Wildman–Crippen LogP) is 4.51. The van der Waals surface area contributed by atoms with Crippen LogP contribution in [0.5, 0.6) is 0 Å². The lowest BCUT2D eigenvalue weighted by molar-refractivity contribution is -0.131. The fourth-order valence-electron chi connectivity index (χ4n) is 5.28. The number of hydrogen-bond donors (Lipinski definition) is 1. The molecule has 2 aliphatic rings. The fraction of sp³-hybridized carbons (Fsp3) is 0.696. The van der Waals surface area contributed by atoms with Crippen LogP contribution in [0.1, 0.15) is 72.6 Å². The molecular formula is C23H35N3O4. The van der Waals surface area contributed by atoms with Gasteiger partial charge in [0.1, 0.15) is 11.4 Å². The number of aryl methyl sites for hydroxylation is 1. The zero-order valence-electron chi connectivity index (χ0n) is 19.5. The first-order chi connectivity index (χ1) is 13.8. The van der Waals surface area contributed by atoms with Crippen LogP contribution >= 0.6 is 0 Å². The topological polar surface area (TPSA) is 82.4 Å². The number of Topliss-reactive ketones (excluding diaryl/α,β-unsaturated/α-hetero) is 1. The van der Waals surface area contributed by atoms with E-state index in [4.69, 9.17) is 14.6 Å². The van der Waals surface area contributed by atoms with Crippen molar-refractivity contribution in [3.63, 3.8) is 0 Å². The number of aromatic nitrogens is 2. The number of rotatable bonds is 3. The SMILES string of the molecule is CCO/C=C1/CC2(C)c3nn(C)c(NC(=O)OC(C)(C)C)c3CCC2C(C)(C)C1=O. The normalized spacial score (nSPS) is 26.7. The van der Waals surface area contributed by atoms with Crippen molar-refractivity contribution >= 4 is 17.7 Å². The summed E-state index contributed by atoms with van der Waals surface area (Å²) in [6.45, 7) is 14.2. The maximum atomic E-state index is 13.2. The van der Waals surface area contributed by atoms with Crippen LogP contribution in [0.25, 0.3) is 0 Å². The van der Waals surface area contributed by atoms with Crippen LogP contribution in [-0.4, -0.2) is 33.9 Å². The van der Waals surface area contributed by atoms with Gasteiger partial charge in [-0.25, -0.2) is 4.79 Å². The second-order valence-corrected chi connectivity index (χ2v) is 10.3. The summed E-state index contributed by atoms with van der Waals surface area (Å²) in [7, 11) is 1.83. The first-order valence-corrected chi connectivity index (χ1v) is 10.7. The molecule has 1 saturated carbocycles. The minimum absolute atomic E-state index is 0.157. The summed E-state index contributed by atoms with van der Waals surface area (Å²) in [5.41, 5.74) is 1.29. The Bertz CT molecular complexity index is 891. The number of ketones is 1. The van der Waals surface area contributed by atoms with E-state index in [1.54, 1.807) is 10.9 Å². The summed E-state index contributed by atoms with van der Waals surface area (Å²) >= 11 is 0. The Balaban J connectivity index is 2.02. The Morgan fingerprint density at radius 1 is 1.33 bits per heavy atom. The van der Waals surface area contributed by atoms with Crippen LogP contribution in [0.3, 0.4) is 0 Å². The van der Waals surface area contributed by atoms with Crippen molar-refractivity contribution < 1.29 is 19.1 Å². The number of carbonyl (C=O) groups excluding carboxylic acids is 2. The van der Waals surface area contributed by atoms with E-state index in [1.165, 1.54) is 0 Å².